The fourth-order valence-electron chi connectivity index (χ4n) is 5.36. The molecule has 0 N–H and O–H groups in total. The second-order valence-corrected chi connectivity index (χ2v) is 21.9. The van der Waals surface area contributed by atoms with Crippen LogP contribution in [0.1, 0.15) is 16.8 Å². The maximum atomic E-state index is 3.83. The Hall–Kier alpha value is -2.26. The molecular formula is C33H26P2Se2. The van der Waals surface area contributed by atoms with Crippen LogP contribution in [0, 0.1) is 0 Å². The van der Waals surface area contributed by atoms with Gasteiger partial charge in [-0.25, -0.2) is 0 Å². The van der Waals surface area contributed by atoms with Crippen LogP contribution in [-0.2, 0) is 0 Å². The van der Waals surface area contributed by atoms with Crippen molar-refractivity contribution in [1.82, 2.24) is 0 Å². The van der Waals surface area contributed by atoms with Gasteiger partial charge in [0.25, 0.3) is 0 Å². The molecule has 0 bridgehead atoms. The molecule has 6 rings (SSSR count). The number of benzene rings is 5. The molecule has 0 aromatic heterocycles. The molecule has 0 saturated heterocycles. The number of hydrogen-bond acceptors (Lipinski definition) is 0. The SMILES string of the molecule is [Se]=P(C1=C[C@@H](P(=[Se])(c2ccccc2)c2ccccc2)c2ccccc21)(c1ccccc1)c1ccccc1. The van der Waals surface area contributed by atoms with Crippen molar-refractivity contribution in [3.8, 4) is 0 Å². The van der Waals surface area contributed by atoms with E-state index in [0.29, 0.717) is 0 Å². The van der Waals surface area contributed by atoms with Gasteiger partial charge in [0.1, 0.15) is 0 Å². The molecule has 0 heterocycles. The molecule has 0 radical (unpaired) electrons. The van der Waals surface area contributed by atoms with Gasteiger partial charge in [-0.05, 0) is 0 Å². The van der Waals surface area contributed by atoms with Gasteiger partial charge in [0.15, 0.2) is 0 Å². The molecule has 0 spiro atoms. The summed E-state index contributed by atoms with van der Waals surface area (Å²) in [6, 6.07) is 53.3. The molecule has 0 saturated carbocycles. The summed E-state index contributed by atoms with van der Waals surface area (Å²) in [4.78, 5) is 0. The fourth-order valence-corrected chi connectivity index (χ4v) is 16.7. The summed E-state index contributed by atoms with van der Waals surface area (Å²) in [5.41, 5.74) is -0.898. The average molecular weight is 642 g/mol. The second-order valence-electron chi connectivity index (χ2n) is 9.19. The van der Waals surface area contributed by atoms with Crippen molar-refractivity contribution >= 4 is 67.7 Å². The molecule has 0 nitrogen and oxygen atoms in total. The first-order valence-corrected chi connectivity index (χ1v) is 20.5. The van der Waals surface area contributed by atoms with Gasteiger partial charge in [0.05, 0.1) is 0 Å². The predicted octanol–water partition coefficient (Wildman–Crippen LogP) is 6.59. The standard InChI is InChI=1S/C33H26P2Se2/c36-34(26-15-5-1-6-16-26,27-17-7-2-8-18-27)32-25-33(31-24-14-13-23-30(31)32)35(37,28-19-9-3-10-20-28)29-21-11-4-12-22-29/h1-25,32H/t32-/m1/s1. The monoisotopic (exact) mass is 644 g/mol. The van der Waals surface area contributed by atoms with Crippen molar-refractivity contribution < 1.29 is 0 Å². The van der Waals surface area contributed by atoms with E-state index in [2.05, 4.69) is 182 Å². The molecule has 4 heteroatoms. The number of fused-ring (bicyclic) bond motifs is 1. The minimum absolute atomic E-state index is 0.253. The maximum absolute atomic E-state index is 3.83. The van der Waals surface area contributed by atoms with Crippen molar-refractivity contribution in [1.29, 1.82) is 0 Å². The molecule has 180 valence electrons. The third-order valence-corrected chi connectivity index (χ3v) is 21.6. The fraction of sp³-hybridized carbons (Fsp3) is 0.0303. The van der Waals surface area contributed by atoms with Crippen molar-refractivity contribution in [3.05, 3.63) is 163 Å². The van der Waals surface area contributed by atoms with Crippen LogP contribution < -0.4 is 21.2 Å². The summed E-state index contributed by atoms with van der Waals surface area (Å²) in [6.45, 7) is 0. The van der Waals surface area contributed by atoms with Crippen molar-refractivity contribution in [2.45, 2.75) is 5.66 Å². The number of allylic oxidation sites excluding steroid dienone is 1. The molecule has 5 aromatic carbocycles. The van der Waals surface area contributed by atoms with Crippen molar-refractivity contribution in [2.24, 2.45) is 0 Å². The predicted molar refractivity (Wildman–Crippen MR) is 167 cm³/mol. The van der Waals surface area contributed by atoms with Gasteiger partial charge < -0.3 is 0 Å². The van der Waals surface area contributed by atoms with Crippen LogP contribution in [0.15, 0.2) is 152 Å². The molecule has 1 atom stereocenters. The van der Waals surface area contributed by atoms with E-state index in [9.17, 15) is 0 Å². The first kappa shape index (κ1) is 25.0. The third-order valence-electron chi connectivity index (χ3n) is 7.12. The molecule has 0 aliphatic heterocycles. The van der Waals surface area contributed by atoms with E-state index in [1.165, 1.54) is 37.7 Å². The molecule has 0 amide bonds. The van der Waals surface area contributed by atoms with E-state index in [4.69, 9.17) is 0 Å². The zero-order chi connectivity index (χ0) is 25.3. The van der Waals surface area contributed by atoms with Crippen LogP contribution in [0.4, 0.5) is 0 Å². The van der Waals surface area contributed by atoms with E-state index in [0.717, 1.165) is 0 Å². The molecule has 0 unspecified atom stereocenters. The first-order chi connectivity index (χ1) is 18.1. The van der Waals surface area contributed by atoms with Gasteiger partial charge in [-0.1, -0.05) is 0 Å². The van der Waals surface area contributed by atoms with E-state index in [1.807, 2.05) is 0 Å². The van der Waals surface area contributed by atoms with Crippen LogP contribution in [0.25, 0.3) is 5.31 Å². The Balaban J connectivity index is 1.65. The second kappa shape index (κ2) is 10.5. The van der Waals surface area contributed by atoms with E-state index >= 15 is 0 Å². The van der Waals surface area contributed by atoms with Crippen LogP contribution in [0.2, 0.25) is 0 Å². The average Bonchev–Trinajstić information content (AvgIpc) is 3.39. The molecule has 5 aromatic rings. The van der Waals surface area contributed by atoms with Crippen LogP contribution >= 0.6 is 11.0 Å². The van der Waals surface area contributed by atoms with Gasteiger partial charge in [0.2, 0.25) is 0 Å². The number of rotatable bonds is 6. The van der Waals surface area contributed by atoms with Gasteiger partial charge in [0, 0.05) is 0 Å². The zero-order valence-corrected chi connectivity index (χ0v) is 25.4. The Labute approximate surface area is 234 Å². The summed E-state index contributed by atoms with van der Waals surface area (Å²) < 4.78 is 0. The minimum atomic E-state index is -2.00. The van der Waals surface area contributed by atoms with Gasteiger partial charge in [-0.2, -0.15) is 0 Å². The van der Waals surface area contributed by atoms with E-state index in [-0.39, 0.29) is 5.66 Å². The topological polar surface area (TPSA) is 0 Å². The van der Waals surface area contributed by atoms with Gasteiger partial charge >= 0.3 is 236 Å². The van der Waals surface area contributed by atoms with Crippen LogP contribution in [-0.4, -0.2) is 30.2 Å². The Kier molecular flexibility index (Phi) is 7.09. The van der Waals surface area contributed by atoms with Crippen LogP contribution in [0.5, 0.6) is 0 Å². The zero-order valence-electron chi connectivity index (χ0n) is 20.2. The van der Waals surface area contributed by atoms with E-state index in [1.54, 1.807) is 0 Å². The van der Waals surface area contributed by atoms with Gasteiger partial charge in [-0.15, -0.1) is 0 Å². The summed E-state index contributed by atoms with van der Waals surface area (Å²) in [6.07, 6.45) is 2.61. The molecular weight excluding hydrogens is 616 g/mol. The molecule has 0 fully saturated rings. The van der Waals surface area contributed by atoms with Crippen molar-refractivity contribution in [3.63, 3.8) is 0 Å². The summed E-state index contributed by atoms with van der Waals surface area (Å²) in [5.74, 6) is 0. The molecule has 1 aliphatic rings. The molecule has 1 aliphatic carbocycles. The Morgan fingerprint density at radius 3 is 1.27 bits per heavy atom. The summed E-state index contributed by atoms with van der Waals surface area (Å²) >= 11 is 7.63. The number of hydrogen-bond donors (Lipinski definition) is 0. The quantitative estimate of drug-likeness (QED) is 0.145. The van der Waals surface area contributed by atoms with Crippen molar-refractivity contribution in [2.75, 3.05) is 0 Å². The molecule has 37 heavy (non-hydrogen) atoms. The Bertz CT molecular complexity index is 1570. The third kappa shape index (κ3) is 4.32. The summed E-state index contributed by atoms with van der Waals surface area (Å²) in [7, 11) is 0. The summed E-state index contributed by atoms with van der Waals surface area (Å²) in [5, 5.41) is 6.96. The Morgan fingerprint density at radius 1 is 0.432 bits per heavy atom. The normalized spacial score (nSPS) is 15.1. The Morgan fingerprint density at radius 2 is 0.811 bits per heavy atom. The van der Waals surface area contributed by atoms with Crippen LogP contribution in [0.3, 0.4) is 0 Å². The first-order valence-electron chi connectivity index (χ1n) is 12.4. The van der Waals surface area contributed by atoms with Gasteiger partial charge in [-0.3, -0.25) is 0 Å². The van der Waals surface area contributed by atoms with E-state index < -0.39 is 11.0 Å².